The summed E-state index contributed by atoms with van der Waals surface area (Å²) < 4.78 is 5.21. The topological polar surface area (TPSA) is 63.7 Å². The Kier molecular flexibility index (Phi) is 4.65. The molecule has 1 heterocycles. The number of amides is 2. The highest BCUT2D eigenvalue weighted by atomic mass is 16.5. The molecule has 2 amide bonds. The summed E-state index contributed by atoms with van der Waals surface area (Å²) >= 11 is 0. The van der Waals surface area contributed by atoms with E-state index in [1.807, 2.05) is 42.5 Å². The average molecular weight is 373 g/mol. The molecular formula is C23H19NO4. The van der Waals surface area contributed by atoms with E-state index >= 15 is 0 Å². The maximum atomic E-state index is 12.9. The number of carbonyl (C=O) groups excluding carboxylic acids is 3. The maximum absolute atomic E-state index is 12.9. The van der Waals surface area contributed by atoms with E-state index in [1.165, 1.54) is 0 Å². The van der Waals surface area contributed by atoms with Gasteiger partial charge < -0.3 is 4.74 Å². The number of ether oxygens (including phenoxy) is 1. The third kappa shape index (κ3) is 2.95. The smallest absolute Gasteiger partial charge is 0.329 e. The summed E-state index contributed by atoms with van der Waals surface area (Å²) in [6.45, 7) is 1.88. The molecule has 1 atom stereocenters. The molecule has 5 nitrogen and oxygen atoms in total. The first kappa shape index (κ1) is 17.9. The number of carbonyl (C=O) groups is 3. The van der Waals surface area contributed by atoms with Crippen molar-refractivity contribution in [2.24, 2.45) is 0 Å². The van der Waals surface area contributed by atoms with Crippen molar-refractivity contribution in [3.8, 4) is 0 Å². The number of nitrogens with zero attached hydrogens (tertiary/aromatic N) is 1. The van der Waals surface area contributed by atoms with Crippen molar-refractivity contribution < 1.29 is 19.1 Å². The van der Waals surface area contributed by atoms with Crippen molar-refractivity contribution in [2.75, 3.05) is 6.61 Å². The summed E-state index contributed by atoms with van der Waals surface area (Å²) in [5, 5.41) is 2.01. The number of esters is 1. The van der Waals surface area contributed by atoms with Crippen LogP contribution in [0.25, 0.3) is 10.8 Å². The monoisotopic (exact) mass is 373 g/mol. The molecule has 0 radical (unpaired) electrons. The number of imide groups is 1. The van der Waals surface area contributed by atoms with Gasteiger partial charge in [0.1, 0.15) is 6.04 Å². The molecule has 0 spiro atoms. The Morgan fingerprint density at radius 2 is 1.50 bits per heavy atom. The molecule has 1 unspecified atom stereocenters. The van der Waals surface area contributed by atoms with E-state index in [9.17, 15) is 14.4 Å². The van der Waals surface area contributed by atoms with Gasteiger partial charge in [0.25, 0.3) is 11.8 Å². The highest BCUT2D eigenvalue weighted by Gasteiger charge is 2.43. The lowest BCUT2D eigenvalue weighted by molar-refractivity contribution is -0.147. The van der Waals surface area contributed by atoms with E-state index in [4.69, 9.17) is 4.74 Å². The van der Waals surface area contributed by atoms with Crippen LogP contribution in [0.15, 0.2) is 66.7 Å². The minimum Gasteiger partial charge on any atom is -0.464 e. The van der Waals surface area contributed by atoms with Crippen LogP contribution in [0.3, 0.4) is 0 Å². The molecule has 0 N–H and O–H groups in total. The molecular weight excluding hydrogens is 354 g/mol. The minimum absolute atomic E-state index is 0.175. The highest BCUT2D eigenvalue weighted by molar-refractivity contribution is 6.22. The Morgan fingerprint density at radius 3 is 2.18 bits per heavy atom. The lowest BCUT2D eigenvalue weighted by Crippen LogP contribution is -2.47. The van der Waals surface area contributed by atoms with Crippen LogP contribution in [0.5, 0.6) is 0 Å². The first-order chi connectivity index (χ1) is 13.6. The summed E-state index contributed by atoms with van der Waals surface area (Å²) in [7, 11) is 0. The maximum Gasteiger partial charge on any atom is 0.329 e. The van der Waals surface area contributed by atoms with Gasteiger partial charge in [-0.1, -0.05) is 54.6 Å². The largest absolute Gasteiger partial charge is 0.464 e. The molecule has 0 bridgehead atoms. The second kappa shape index (κ2) is 7.27. The fourth-order valence-electron chi connectivity index (χ4n) is 3.69. The molecule has 140 valence electrons. The van der Waals surface area contributed by atoms with Crippen molar-refractivity contribution in [1.29, 1.82) is 0 Å². The van der Waals surface area contributed by atoms with Crippen molar-refractivity contribution in [3.05, 3.63) is 83.4 Å². The molecule has 0 saturated heterocycles. The van der Waals surface area contributed by atoms with Crippen LogP contribution in [-0.4, -0.2) is 35.3 Å². The van der Waals surface area contributed by atoms with Crippen LogP contribution in [0, 0.1) is 0 Å². The summed E-state index contributed by atoms with van der Waals surface area (Å²) in [6, 6.07) is 19.2. The number of hydrogen-bond donors (Lipinski definition) is 0. The zero-order valence-corrected chi connectivity index (χ0v) is 15.4. The normalized spacial score (nSPS) is 14.2. The van der Waals surface area contributed by atoms with E-state index in [2.05, 4.69) is 0 Å². The number of benzene rings is 3. The molecule has 0 fully saturated rings. The summed E-state index contributed by atoms with van der Waals surface area (Å²) in [5.74, 6) is -1.50. The van der Waals surface area contributed by atoms with Crippen molar-refractivity contribution in [3.63, 3.8) is 0 Å². The molecule has 1 aliphatic heterocycles. The third-order valence-electron chi connectivity index (χ3n) is 4.99. The minimum atomic E-state index is -1.02. The molecule has 3 aromatic rings. The quantitative estimate of drug-likeness (QED) is 0.506. The van der Waals surface area contributed by atoms with Gasteiger partial charge in [0.15, 0.2) is 0 Å². The number of fused-ring (bicyclic) bond motifs is 2. The first-order valence-corrected chi connectivity index (χ1v) is 9.22. The van der Waals surface area contributed by atoms with Gasteiger partial charge in [0.05, 0.1) is 17.7 Å². The third-order valence-corrected chi connectivity index (χ3v) is 4.99. The van der Waals surface area contributed by atoms with Gasteiger partial charge in [-0.2, -0.15) is 0 Å². The summed E-state index contributed by atoms with van der Waals surface area (Å²) in [5.41, 5.74) is 1.52. The van der Waals surface area contributed by atoms with Crippen molar-refractivity contribution in [2.45, 2.75) is 19.4 Å². The van der Waals surface area contributed by atoms with E-state index in [1.54, 1.807) is 31.2 Å². The standard InChI is InChI=1S/C23H19NO4/c1-2-28-23(27)20(14-16-10-7-9-15-8-3-4-11-17(15)16)24-21(25)18-12-5-6-13-19(18)22(24)26/h3-13,20H,2,14H2,1H3. The molecule has 0 aromatic heterocycles. The summed E-state index contributed by atoms with van der Waals surface area (Å²) in [4.78, 5) is 39.6. The van der Waals surface area contributed by atoms with Gasteiger partial charge in [0, 0.05) is 6.42 Å². The van der Waals surface area contributed by atoms with Crippen LogP contribution in [0.1, 0.15) is 33.2 Å². The lowest BCUT2D eigenvalue weighted by atomic mass is 9.98. The van der Waals surface area contributed by atoms with E-state index in [-0.39, 0.29) is 13.0 Å². The molecule has 28 heavy (non-hydrogen) atoms. The Bertz CT molecular complexity index is 1050. The predicted molar refractivity (Wildman–Crippen MR) is 105 cm³/mol. The van der Waals surface area contributed by atoms with Crippen LogP contribution in [-0.2, 0) is 16.0 Å². The second-order valence-corrected chi connectivity index (χ2v) is 6.64. The summed E-state index contributed by atoms with van der Waals surface area (Å²) in [6.07, 6.45) is 0.200. The molecule has 4 rings (SSSR count). The highest BCUT2D eigenvalue weighted by Crippen LogP contribution is 2.28. The predicted octanol–water partition coefficient (Wildman–Crippen LogP) is 3.61. The fraction of sp³-hybridized carbons (Fsp3) is 0.174. The second-order valence-electron chi connectivity index (χ2n) is 6.64. The zero-order chi connectivity index (χ0) is 19.7. The van der Waals surface area contributed by atoms with Crippen LogP contribution < -0.4 is 0 Å². The van der Waals surface area contributed by atoms with Crippen molar-refractivity contribution >= 4 is 28.6 Å². The number of rotatable bonds is 5. The van der Waals surface area contributed by atoms with Gasteiger partial charge in [-0.3, -0.25) is 14.5 Å². The van der Waals surface area contributed by atoms with E-state index in [0.29, 0.717) is 11.1 Å². The van der Waals surface area contributed by atoms with Crippen molar-refractivity contribution in [1.82, 2.24) is 4.90 Å². The molecule has 0 aliphatic carbocycles. The Hall–Kier alpha value is -3.47. The Morgan fingerprint density at radius 1 is 0.893 bits per heavy atom. The fourth-order valence-corrected chi connectivity index (χ4v) is 3.69. The van der Waals surface area contributed by atoms with E-state index in [0.717, 1.165) is 21.2 Å². The first-order valence-electron chi connectivity index (χ1n) is 9.22. The van der Waals surface area contributed by atoms with Gasteiger partial charge in [-0.25, -0.2) is 4.79 Å². The molecule has 5 heteroatoms. The van der Waals surface area contributed by atoms with Gasteiger partial charge in [0.2, 0.25) is 0 Å². The zero-order valence-electron chi connectivity index (χ0n) is 15.4. The molecule has 3 aromatic carbocycles. The van der Waals surface area contributed by atoms with Gasteiger partial charge in [-0.05, 0) is 35.4 Å². The Labute approximate surface area is 162 Å². The van der Waals surface area contributed by atoms with Gasteiger partial charge in [-0.15, -0.1) is 0 Å². The average Bonchev–Trinajstić information content (AvgIpc) is 2.97. The van der Waals surface area contributed by atoms with Crippen LogP contribution in [0.4, 0.5) is 0 Å². The SMILES string of the molecule is CCOC(=O)C(Cc1cccc2ccccc12)N1C(=O)c2ccccc2C1=O. The lowest BCUT2D eigenvalue weighted by Gasteiger charge is -2.25. The van der Waals surface area contributed by atoms with E-state index < -0.39 is 23.8 Å². The molecule has 0 saturated carbocycles. The Balaban J connectivity index is 1.76. The van der Waals surface area contributed by atoms with Crippen LogP contribution in [0.2, 0.25) is 0 Å². The number of hydrogen-bond acceptors (Lipinski definition) is 4. The van der Waals surface area contributed by atoms with Gasteiger partial charge >= 0.3 is 5.97 Å². The van der Waals surface area contributed by atoms with Crippen LogP contribution >= 0.6 is 0 Å². The molecule has 1 aliphatic rings.